The fourth-order valence-corrected chi connectivity index (χ4v) is 5.55. The van der Waals surface area contributed by atoms with Crippen LogP contribution >= 0.6 is 0 Å². The van der Waals surface area contributed by atoms with Crippen molar-refractivity contribution in [2.45, 2.75) is 73.8 Å². The van der Waals surface area contributed by atoms with Crippen LogP contribution in [0.5, 0.6) is 28.7 Å². The van der Waals surface area contributed by atoms with Gasteiger partial charge in [0.25, 0.3) is 0 Å². The van der Waals surface area contributed by atoms with E-state index in [0.717, 1.165) is 5.56 Å². The molecule has 11 atom stereocenters. The minimum absolute atomic E-state index is 0.0386. The fourth-order valence-electron chi connectivity index (χ4n) is 5.55. The van der Waals surface area contributed by atoms with E-state index in [4.69, 9.17) is 33.2 Å². The van der Waals surface area contributed by atoms with Gasteiger partial charge in [-0.15, -0.1) is 0 Å². The molecule has 0 unspecified atom stereocenters. The lowest BCUT2D eigenvalue weighted by molar-refractivity contribution is -0.277. The molecule has 5 rings (SSSR count). The maximum Gasteiger partial charge on any atom is 0.335 e. The monoisotopic (exact) mass is 640 g/mol. The second-order valence-corrected chi connectivity index (χ2v) is 10.9. The third-order valence-electron chi connectivity index (χ3n) is 8.06. The first-order chi connectivity index (χ1) is 21.5. The molecular formula is C29H36O16. The molecule has 2 saturated heterocycles. The van der Waals surface area contributed by atoms with Gasteiger partial charge in [0.2, 0.25) is 18.3 Å². The lowest BCUT2D eigenvalue weighted by atomic mass is 9.89. The molecule has 3 heterocycles. The number of carbonyl (C=O) groups is 1. The van der Waals surface area contributed by atoms with Gasteiger partial charge in [-0.25, -0.2) is 4.79 Å². The van der Waals surface area contributed by atoms with Gasteiger partial charge in [-0.1, -0.05) is 12.1 Å². The van der Waals surface area contributed by atoms with Crippen LogP contribution in [0.1, 0.15) is 17.0 Å². The molecule has 2 fully saturated rings. The summed E-state index contributed by atoms with van der Waals surface area (Å²) in [5.74, 6) is -0.842. The largest absolute Gasteiger partial charge is 0.493 e. The van der Waals surface area contributed by atoms with Crippen molar-refractivity contribution in [3.8, 4) is 28.7 Å². The van der Waals surface area contributed by atoms with Crippen LogP contribution in [-0.2, 0) is 20.7 Å². The number of carboxylic acid groups (broad SMARTS) is 1. The van der Waals surface area contributed by atoms with Gasteiger partial charge in [0.15, 0.2) is 17.6 Å². The minimum atomic E-state index is -1.89. The van der Waals surface area contributed by atoms with Crippen LogP contribution in [0.2, 0.25) is 0 Å². The van der Waals surface area contributed by atoms with E-state index < -0.39 is 74.0 Å². The van der Waals surface area contributed by atoms with Gasteiger partial charge in [0.1, 0.15) is 54.2 Å². The molecule has 2 aromatic rings. The van der Waals surface area contributed by atoms with Gasteiger partial charge in [0.05, 0.1) is 27.4 Å². The van der Waals surface area contributed by atoms with Gasteiger partial charge >= 0.3 is 5.97 Å². The number of carboxylic acids is 1. The summed E-state index contributed by atoms with van der Waals surface area (Å²) in [6, 6.07) is 8.23. The van der Waals surface area contributed by atoms with Gasteiger partial charge in [-0.2, -0.15) is 0 Å². The molecule has 16 heteroatoms. The fraction of sp³-hybridized carbons (Fsp3) is 0.552. The Morgan fingerprint density at radius 2 is 1.51 bits per heavy atom. The van der Waals surface area contributed by atoms with Crippen molar-refractivity contribution >= 4 is 5.97 Å². The first-order valence-corrected chi connectivity index (χ1v) is 14.1. The number of aliphatic carboxylic acids is 1. The minimum Gasteiger partial charge on any atom is -0.493 e. The molecule has 16 nitrogen and oxygen atoms in total. The average Bonchev–Trinajstić information content (AvgIpc) is 3.04. The number of methoxy groups -OCH3 is 2. The highest BCUT2D eigenvalue weighted by molar-refractivity contribution is 5.73. The van der Waals surface area contributed by atoms with E-state index in [1.54, 1.807) is 30.3 Å². The van der Waals surface area contributed by atoms with E-state index in [2.05, 4.69) is 0 Å². The summed E-state index contributed by atoms with van der Waals surface area (Å²) in [6.07, 6.45) is -15.9. The topological polar surface area (TPSA) is 244 Å². The summed E-state index contributed by atoms with van der Waals surface area (Å²) in [5.41, 5.74) is 1.39. The second-order valence-electron chi connectivity index (χ2n) is 10.9. The highest BCUT2D eigenvalue weighted by atomic mass is 16.7. The van der Waals surface area contributed by atoms with Crippen molar-refractivity contribution in [1.82, 2.24) is 0 Å². The van der Waals surface area contributed by atoms with E-state index >= 15 is 0 Å². The maximum atomic E-state index is 11.6. The van der Waals surface area contributed by atoms with Crippen LogP contribution in [0.25, 0.3) is 0 Å². The van der Waals surface area contributed by atoms with Crippen LogP contribution in [0, 0.1) is 0 Å². The lowest BCUT2D eigenvalue weighted by Gasteiger charge is -2.39. The summed E-state index contributed by atoms with van der Waals surface area (Å²) < 4.78 is 39.3. The number of ether oxygens (including phenoxy) is 7. The molecule has 0 amide bonds. The molecule has 3 aliphatic heterocycles. The summed E-state index contributed by atoms with van der Waals surface area (Å²) >= 11 is 0. The summed E-state index contributed by atoms with van der Waals surface area (Å²) in [6.45, 7) is -0.434. The average molecular weight is 641 g/mol. The van der Waals surface area contributed by atoms with Crippen LogP contribution in [0.3, 0.4) is 0 Å². The molecular weight excluding hydrogens is 604 g/mol. The zero-order valence-electron chi connectivity index (χ0n) is 24.2. The van der Waals surface area contributed by atoms with Crippen molar-refractivity contribution in [3.63, 3.8) is 0 Å². The van der Waals surface area contributed by atoms with Crippen molar-refractivity contribution in [2.75, 3.05) is 27.4 Å². The van der Waals surface area contributed by atoms with Gasteiger partial charge in [-0.05, 0) is 24.1 Å². The Morgan fingerprint density at radius 1 is 0.822 bits per heavy atom. The van der Waals surface area contributed by atoms with Gasteiger partial charge in [-0.3, -0.25) is 0 Å². The van der Waals surface area contributed by atoms with E-state index in [1.807, 2.05) is 0 Å². The van der Waals surface area contributed by atoms with Crippen LogP contribution in [0.15, 0.2) is 30.3 Å². The zero-order valence-corrected chi connectivity index (χ0v) is 24.2. The normalized spacial score (nSPS) is 34.6. The highest BCUT2D eigenvalue weighted by Crippen LogP contribution is 2.46. The molecule has 0 saturated carbocycles. The Hall–Kier alpha value is -3.45. The second kappa shape index (κ2) is 13.5. The third kappa shape index (κ3) is 6.33. The first-order valence-electron chi connectivity index (χ1n) is 14.1. The molecule has 0 spiro atoms. The van der Waals surface area contributed by atoms with Crippen LogP contribution in [-0.4, -0.2) is 136 Å². The zero-order chi connectivity index (χ0) is 32.6. The van der Waals surface area contributed by atoms with Crippen molar-refractivity contribution < 1.29 is 78.8 Å². The summed E-state index contributed by atoms with van der Waals surface area (Å²) in [5, 5.41) is 79.9. The first kappa shape index (κ1) is 32.9. The number of aliphatic hydroxyl groups is 7. The van der Waals surface area contributed by atoms with Crippen molar-refractivity contribution in [3.05, 3.63) is 41.5 Å². The number of benzene rings is 2. The Kier molecular flexibility index (Phi) is 9.88. The lowest BCUT2D eigenvalue weighted by Crippen LogP contribution is -2.61. The Labute approximate surface area is 256 Å². The molecule has 248 valence electrons. The Morgan fingerprint density at radius 3 is 2.16 bits per heavy atom. The van der Waals surface area contributed by atoms with Crippen LogP contribution in [0.4, 0.5) is 0 Å². The number of hydrogen-bond acceptors (Lipinski definition) is 15. The van der Waals surface area contributed by atoms with Gasteiger partial charge in [0, 0.05) is 17.5 Å². The Bertz CT molecular complexity index is 1350. The molecule has 45 heavy (non-hydrogen) atoms. The quantitative estimate of drug-likeness (QED) is 0.146. The number of rotatable bonds is 9. The van der Waals surface area contributed by atoms with E-state index in [9.17, 15) is 45.6 Å². The number of hydrogen-bond donors (Lipinski definition) is 8. The molecule has 0 aromatic heterocycles. The maximum absolute atomic E-state index is 11.6. The summed E-state index contributed by atoms with van der Waals surface area (Å²) in [4.78, 5) is 11.6. The summed E-state index contributed by atoms with van der Waals surface area (Å²) in [7, 11) is 2.74. The van der Waals surface area contributed by atoms with Crippen LogP contribution < -0.4 is 23.7 Å². The highest BCUT2D eigenvalue weighted by Gasteiger charge is 2.49. The van der Waals surface area contributed by atoms with Crippen molar-refractivity contribution in [1.29, 1.82) is 0 Å². The van der Waals surface area contributed by atoms with Crippen molar-refractivity contribution in [2.24, 2.45) is 0 Å². The SMILES string of the molecule is COc1ccc([C@@H]2COc3cc(O[C@H]4O[C@H](CO)[C@@H](O)[C@H](O)[C@H]4O)ccc3C2)c(OC)c1O[C@H]1O[C@H](C(=O)O)[C@@H](O)[C@H](O)[C@H]1O. The molecule has 0 bridgehead atoms. The van der Waals surface area contributed by atoms with E-state index in [-0.39, 0.29) is 35.5 Å². The van der Waals surface area contributed by atoms with E-state index in [1.165, 1.54) is 14.2 Å². The molecule has 3 aliphatic rings. The number of aliphatic hydroxyl groups excluding tert-OH is 7. The van der Waals surface area contributed by atoms with Gasteiger partial charge < -0.3 is 74.0 Å². The predicted molar refractivity (Wildman–Crippen MR) is 147 cm³/mol. The smallest absolute Gasteiger partial charge is 0.335 e. The predicted octanol–water partition coefficient (Wildman–Crippen LogP) is -2.13. The third-order valence-corrected chi connectivity index (χ3v) is 8.06. The molecule has 0 aliphatic carbocycles. The molecule has 2 aromatic carbocycles. The standard InChI is InChI=1S/C29H36O16/c1-39-15-6-5-14(24(40-2)25(15)44-29-23(36)20(33)21(34)26(45-29)27(37)38)12-7-11-3-4-13(8-16(11)41-10-12)42-28-22(35)19(32)18(31)17(9-30)43-28/h3-6,8,12,17-23,26,28-36H,7,9-10H2,1-2H3,(H,37,38)/t12-,17+,18+,19-,20-,21-,22+,23+,26-,28-,29-/m0/s1. The molecule has 8 N–H and O–H groups in total. The Balaban J connectivity index is 1.35. The number of fused-ring (bicyclic) bond motifs is 1. The van der Waals surface area contributed by atoms with E-state index in [0.29, 0.717) is 17.7 Å². The molecule has 0 radical (unpaired) electrons.